The molecule has 0 aliphatic carbocycles. The van der Waals surface area contributed by atoms with Crippen molar-refractivity contribution >= 4 is 11.6 Å². The fourth-order valence-corrected chi connectivity index (χ4v) is 3.64. The number of hydrogen-bond donors (Lipinski definition) is 1. The van der Waals surface area contributed by atoms with Crippen molar-refractivity contribution in [2.45, 2.75) is 0 Å². The maximum Gasteiger partial charge on any atom is 0.262 e. The van der Waals surface area contributed by atoms with E-state index in [1.165, 1.54) is 12.1 Å². The van der Waals surface area contributed by atoms with Gasteiger partial charge in [0.15, 0.2) is 6.61 Å². The van der Waals surface area contributed by atoms with E-state index in [-0.39, 0.29) is 18.3 Å². The smallest absolute Gasteiger partial charge is 0.262 e. The van der Waals surface area contributed by atoms with E-state index in [4.69, 9.17) is 14.5 Å². The van der Waals surface area contributed by atoms with Gasteiger partial charge >= 0.3 is 0 Å². The molecule has 158 valence electrons. The molecule has 2 heterocycles. The van der Waals surface area contributed by atoms with Crippen LogP contribution < -0.4 is 14.8 Å². The Morgan fingerprint density at radius 2 is 1.50 bits per heavy atom. The van der Waals surface area contributed by atoms with Crippen molar-refractivity contribution in [3.63, 3.8) is 0 Å². The molecule has 0 fully saturated rings. The molecule has 0 saturated carbocycles. The molecule has 0 bridgehead atoms. The zero-order valence-corrected chi connectivity index (χ0v) is 17.3. The first-order valence-corrected chi connectivity index (χ1v) is 10.1. The molecule has 1 N–H and O–H groups in total. The highest BCUT2D eigenvalue weighted by Crippen LogP contribution is 2.35. The van der Waals surface area contributed by atoms with Gasteiger partial charge < -0.3 is 14.8 Å². The molecule has 1 amide bonds. The van der Waals surface area contributed by atoms with Crippen LogP contribution in [0.25, 0.3) is 33.6 Å². The molecule has 3 aromatic carbocycles. The summed E-state index contributed by atoms with van der Waals surface area (Å²) in [5.74, 6) is 0.901. The fraction of sp³-hybridized carbons (Fsp3) is 0.0769. The molecule has 5 rings (SSSR count). The van der Waals surface area contributed by atoms with Crippen molar-refractivity contribution in [2.75, 3.05) is 19.0 Å². The Hall–Kier alpha value is -4.19. The van der Waals surface area contributed by atoms with Crippen LogP contribution in [-0.2, 0) is 4.79 Å². The van der Waals surface area contributed by atoms with Gasteiger partial charge in [0, 0.05) is 11.1 Å². The van der Waals surface area contributed by atoms with Gasteiger partial charge in [0.1, 0.15) is 17.3 Å². The summed E-state index contributed by atoms with van der Waals surface area (Å²) in [5, 5.41) is 2.83. The van der Waals surface area contributed by atoms with E-state index in [1.807, 2.05) is 54.6 Å². The van der Waals surface area contributed by atoms with Crippen LogP contribution in [0.1, 0.15) is 0 Å². The van der Waals surface area contributed by atoms with Gasteiger partial charge in [0.25, 0.3) is 5.91 Å². The number of amides is 1. The number of pyridine rings is 1. The van der Waals surface area contributed by atoms with Gasteiger partial charge in [-0.2, -0.15) is 0 Å². The maximum absolute atomic E-state index is 13.5. The van der Waals surface area contributed by atoms with Crippen LogP contribution in [-0.4, -0.2) is 24.6 Å². The number of hydrogen-bond acceptors (Lipinski definition) is 4. The first kappa shape index (κ1) is 19.8. The van der Waals surface area contributed by atoms with Crippen molar-refractivity contribution in [1.82, 2.24) is 4.98 Å². The number of nitrogens with zero attached hydrogens (tertiary/aromatic N) is 1. The number of ether oxygens (including phenoxy) is 2. The summed E-state index contributed by atoms with van der Waals surface area (Å²) in [4.78, 5) is 16.6. The molecule has 5 nitrogen and oxygen atoms in total. The Bertz CT molecular complexity index is 1300. The maximum atomic E-state index is 13.5. The first-order valence-electron chi connectivity index (χ1n) is 10.1. The van der Waals surface area contributed by atoms with E-state index in [0.29, 0.717) is 17.1 Å². The minimum atomic E-state index is -0.300. The van der Waals surface area contributed by atoms with Gasteiger partial charge in [0.05, 0.1) is 24.2 Å². The summed E-state index contributed by atoms with van der Waals surface area (Å²) in [6, 6.07) is 23.6. The summed E-state index contributed by atoms with van der Waals surface area (Å²) in [5.41, 5.74) is 5.62. The Morgan fingerprint density at radius 1 is 0.844 bits per heavy atom. The zero-order chi connectivity index (χ0) is 22.1. The molecule has 0 spiro atoms. The number of carbonyl (C=O) groups is 1. The lowest BCUT2D eigenvalue weighted by Crippen LogP contribution is -2.25. The predicted molar refractivity (Wildman–Crippen MR) is 121 cm³/mol. The summed E-state index contributed by atoms with van der Waals surface area (Å²) >= 11 is 0. The Kier molecular flexibility index (Phi) is 5.03. The standard InChI is InChI=1S/C26H19FN2O3/c1-31-21-9-4-16(5-10-21)19-13-22(17-2-7-20(27)8-3-17)28-23(14-19)18-6-11-25-24(12-18)29-26(30)15-32-25/h2-14H,15H2,1H3,(H,29,30). The van der Waals surface area contributed by atoms with Crippen LogP contribution >= 0.6 is 0 Å². The highest BCUT2D eigenvalue weighted by molar-refractivity contribution is 5.96. The number of benzene rings is 3. The SMILES string of the molecule is COc1ccc(-c2cc(-c3ccc(F)cc3)nc(-c3ccc4c(c3)NC(=O)CO4)c2)cc1. The Labute approximate surface area is 184 Å². The van der Waals surface area contributed by atoms with Gasteiger partial charge in [-0.15, -0.1) is 0 Å². The molecule has 0 saturated heterocycles. The van der Waals surface area contributed by atoms with Crippen LogP contribution in [0.3, 0.4) is 0 Å². The predicted octanol–water partition coefficient (Wildman–Crippen LogP) is 5.56. The van der Waals surface area contributed by atoms with Gasteiger partial charge in [0.2, 0.25) is 0 Å². The number of nitrogens with one attached hydrogen (secondary N) is 1. The fourth-order valence-electron chi connectivity index (χ4n) is 3.64. The monoisotopic (exact) mass is 426 g/mol. The van der Waals surface area contributed by atoms with Crippen molar-refractivity contribution in [3.8, 4) is 45.1 Å². The number of rotatable bonds is 4. The zero-order valence-electron chi connectivity index (χ0n) is 17.3. The molecule has 1 aliphatic rings. The molecule has 0 atom stereocenters. The Morgan fingerprint density at radius 3 is 2.22 bits per heavy atom. The van der Waals surface area contributed by atoms with Crippen molar-refractivity contribution in [1.29, 1.82) is 0 Å². The Balaban J connectivity index is 1.64. The van der Waals surface area contributed by atoms with E-state index in [0.717, 1.165) is 33.7 Å². The topological polar surface area (TPSA) is 60.5 Å². The highest BCUT2D eigenvalue weighted by Gasteiger charge is 2.17. The van der Waals surface area contributed by atoms with Crippen molar-refractivity contribution in [2.24, 2.45) is 0 Å². The number of carbonyl (C=O) groups excluding carboxylic acids is 1. The van der Waals surface area contributed by atoms with E-state index >= 15 is 0 Å². The largest absolute Gasteiger partial charge is 0.497 e. The molecule has 1 aliphatic heterocycles. The normalized spacial score (nSPS) is 12.5. The van der Waals surface area contributed by atoms with Gasteiger partial charge in [-0.3, -0.25) is 4.79 Å². The molecule has 6 heteroatoms. The first-order chi connectivity index (χ1) is 15.6. The van der Waals surface area contributed by atoms with Gasteiger partial charge in [-0.1, -0.05) is 12.1 Å². The third-order valence-electron chi connectivity index (χ3n) is 5.30. The molecule has 32 heavy (non-hydrogen) atoms. The van der Waals surface area contributed by atoms with E-state index < -0.39 is 0 Å². The van der Waals surface area contributed by atoms with Crippen molar-refractivity contribution < 1.29 is 18.7 Å². The quantitative estimate of drug-likeness (QED) is 0.464. The molecule has 4 aromatic rings. The third kappa shape index (κ3) is 3.90. The third-order valence-corrected chi connectivity index (χ3v) is 5.30. The minimum absolute atomic E-state index is 0.00622. The number of methoxy groups -OCH3 is 1. The second-order valence-corrected chi connectivity index (χ2v) is 7.41. The van der Waals surface area contributed by atoms with Gasteiger partial charge in [-0.25, -0.2) is 9.37 Å². The average molecular weight is 426 g/mol. The summed E-state index contributed by atoms with van der Waals surface area (Å²) in [6.45, 7) is 0.00622. The van der Waals surface area contributed by atoms with Crippen LogP contribution in [0.4, 0.5) is 10.1 Å². The number of anilines is 1. The summed E-state index contributed by atoms with van der Waals surface area (Å²) in [7, 11) is 1.63. The van der Waals surface area contributed by atoms with Gasteiger partial charge in [-0.05, 0) is 77.9 Å². The van der Waals surface area contributed by atoms with Crippen molar-refractivity contribution in [3.05, 3.63) is 84.7 Å². The minimum Gasteiger partial charge on any atom is -0.497 e. The number of fused-ring (bicyclic) bond motifs is 1. The highest BCUT2D eigenvalue weighted by atomic mass is 19.1. The second kappa shape index (κ2) is 8.15. The molecule has 0 unspecified atom stereocenters. The lowest BCUT2D eigenvalue weighted by atomic mass is 9.99. The van der Waals surface area contributed by atoms with E-state index in [2.05, 4.69) is 5.32 Å². The van der Waals surface area contributed by atoms with Crippen LogP contribution in [0, 0.1) is 5.82 Å². The van der Waals surface area contributed by atoms with E-state index in [1.54, 1.807) is 19.2 Å². The summed E-state index contributed by atoms with van der Waals surface area (Å²) < 4.78 is 24.2. The molecule has 0 radical (unpaired) electrons. The average Bonchev–Trinajstić information content (AvgIpc) is 2.84. The molecule has 1 aromatic heterocycles. The second-order valence-electron chi connectivity index (χ2n) is 7.41. The van der Waals surface area contributed by atoms with Crippen LogP contribution in [0.2, 0.25) is 0 Å². The number of halogens is 1. The van der Waals surface area contributed by atoms with E-state index in [9.17, 15) is 9.18 Å². The summed E-state index contributed by atoms with van der Waals surface area (Å²) in [6.07, 6.45) is 0. The molecular formula is C26H19FN2O3. The van der Waals surface area contributed by atoms with Crippen LogP contribution in [0.15, 0.2) is 78.9 Å². The lowest BCUT2D eigenvalue weighted by molar-refractivity contribution is -0.118. The number of aromatic nitrogens is 1. The lowest BCUT2D eigenvalue weighted by Gasteiger charge is -2.18. The molecular weight excluding hydrogens is 407 g/mol. The van der Waals surface area contributed by atoms with Crippen LogP contribution in [0.5, 0.6) is 11.5 Å².